The van der Waals surface area contributed by atoms with E-state index in [9.17, 15) is 9.59 Å². The number of rotatable bonds is 4. The van der Waals surface area contributed by atoms with Gasteiger partial charge in [0.05, 0.1) is 5.69 Å². The zero-order chi connectivity index (χ0) is 22.7. The summed E-state index contributed by atoms with van der Waals surface area (Å²) in [5.74, 6) is 0.569. The van der Waals surface area contributed by atoms with E-state index >= 15 is 0 Å². The Labute approximate surface area is 192 Å². The molecule has 1 aromatic heterocycles. The molecule has 0 bridgehead atoms. The minimum Gasteiger partial charge on any atom is -0.322 e. The van der Waals surface area contributed by atoms with E-state index in [2.05, 4.69) is 22.5 Å². The number of benzene rings is 2. The maximum Gasteiger partial charge on any atom is 0.326 e. The monoisotopic (exact) mass is 446 g/mol. The number of aromatic nitrogens is 1. The number of carbonyl (C=O) groups excluding carboxylic acids is 2. The van der Waals surface area contributed by atoms with Crippen molar-refractivity contribution in [3.63, 3.8) is 0 Å². The van der Waals surface area contributed by atoms with Crippen LogP contribution in [0.5, 0.6) is 0 Å². The number of hydrogen-bond acceptors (Lipinski definition) is 4. The fraction of sp³-hybridized carbons (Fsp3) is 0.240. The summed E-state index contributed by atoms with van der Waals surface area (Å²) in [5, 5.41) is 6.75. The third kappa shape index (κ3) is 4.78. The number of hydrogen-bond donors (Lipinski definition) is 2. The molecule has 2 N–H and O–H groups in total. The highest BCUT2D eigenvalue weighted by Crippen LogP contribution is 2.36. The van der Waals surface area contributed by atoms with Gasteiger partial charge in [0, 0.05) is 34.9 Å². The van der Waals surface area contributed by atoms with Crippen molar-refractivity contribution in [1.29, 1.82) is 0 Å². The lowest BCUT2D eigenvalue weighted by Crippen LogP contribution is -2.39. The van der Waals surface area contributed by atoms with Crippen molar-refractivity contribution >= 4 is 40.8 Å². The van der Waals surface area contributed by atoms with Crippen molar-refractivity contribution in [2.75, 3.05) is 27.8 Å². The van der Waals surface area contributed by atoms with Crippen molar-refractivity contribution in [3.8, 4) is 0 Å². The molecule has 0 unspecified atom stereocenters. The second-order valence-electron chi connectivity index (χ2n) is 7.75. The lowest BCUT2D eigenvalue weighted by molar-refractivity contribution is 0.102. The van der Waals surface area contributed by atoms with E-state index in [1.807, 2.05) is 44.2 Å². The zero-order valence-corrected chi connectivity index (χ0v) is 19.3. The Balaban J connectivity index is 1.50. The lowest BCUT2D eigenvalue weighted by atomic mass is 10.1. The van der Waals surface area contributed by atoms with E-state index in [4.69, 9.17) is 0 Å². The van der Waals surface area contributed by atoms with Crippen molar-refractivity contribution in [1.82, 2.24) is 4.98 Å². The van der Waals surface area contributed by atoms with Crippen LogP contribution in [-0.2, 0) is 6.42 Å². The van der Waals surface area contributed by atoms with Gasteiger partial charge in [-0.25, -0.2) is 9.78 Å². The van der Waals surface area contributed by atoms with Gasteiger partial charge in [-0.3, -0.25) is 9.69 Å². The highest BCUT2D eigenvalue weighted by Gasteiger charge is 2.26. The maximum absolute atomic E-state index is 13.1. The number of pyridine rings is 1. The molecule has 164 valence electrons. The van der Waals surface area contributed by atoms with Gasteiger partial charge in [-0.1, -0.05) is 25.1 Å². The molecule has 3 aromatic rings. The van der Waals surface area contributed by atoms with Gasteiger partial charge in [-0.15, -0.1) is 11.8 Å². The number of nitrogens with zero attached hydrogens (tertiary/aromatic N) is 2. The van der Waals surface area contributed by atoms with Gasteiger partial charge in [0.2, 0.25) is 0 Å². The molecule has 0 spiro atoms. The molecule has 32 heavy (non-hydrogen) atoms. The van der Waals surface area contributed by atoms with E-state index in [1.165, 1.54) is 0 Å². The van der Waals surface area contributed by atoms with Crippen LogP contribution in [-0.4, -0.2) is 29.2 Å². The minimum absolute atomic E-state index is 0.218. The summed E-state index contributed by atoms with van der Waals surface area (Å²) in [6, 6.07) is 16.5. The van der Waals surface area contributed by atoms with Crippen LogP contribution in [0.25, 0.3) is 0 Å². The van der Waals surface area contributed by atoms with Gasteiger partial charge in [-0.2, -0.15) is 0 Å². The predicted molar refractivity (Wildman–Crippen MR) is 131 cm³/mol. The topological polar surface area (TPSA) is 74.3 Å². The smallest absolute Gasteiger partial charge is 0.322 e. The number of urea groups is 1. The molecule has 2 aromatic carbocycles. The molecule has 4 rings (SSSR count). The second-order valence-corrected chi connectivity index (χ2v) is 8.84. The largest absolute Gasteiger partial charge is 0.326 e. The van der Waals surface area contributed by atoms with Gasteiger partial charge in [0.15, 0.2) is 0 Å². The van der Waals surface area contributed by atoms with Crippen LogP contribution in [0.2, 0.25) is 0 Å². The van der Waals surface area contributed by atoms with Crippen molar-refractivity contribution in [3.05, 3.63) is 77.0 Å². The molecule has 2 heterocycles. The van der Waals surface area contributed by atoms with Crippen LogP contribution >= 0.6 is 11.8 Å². The Morgan fingerprint density at radius 1 is 1.03 bits per heavy atom. The SMILES string of the molecule is CCc1cccc(NC(=O)c2cccc(NC(=O)N3CCSc4nc(C)cc(C)c43)c2)c1. The summed E-state index contributed by atoms with van der Waals surface area (Å²) < 4.78 is 0. The first-order valence-corrected chi connectivity index (χ1v) is 11.6. The van der Waals surface area contributed by atoms with Crippen LogP contribution in [0.1, 0.15) is 34.1 Å². The maximum atomic E-state index is 13.1. The summed E-state index contributed by atoms with van der Waals surface area (Å²) in [6.07, 6.45) is 0.901. The number of carbonyl (C=O) groups is 2. The molecular formula is C25H26N4O2S. The van der Waals surface area contributed by atoms with Crippen molar-refractivity contribution in [2.24, 2.45) is 0 Å². The third-order valence-electron chi connectivity index (χ3n) is 5.32. The van der Waals surface area contributed by atoms with E-state index in [1.54, 1.807) is 40.9 Å². The summed E-state index contributed by atoms with van der Waals surface area (Å²) in [5.41, 5.74) is 5.79. The Hall–Kier alpha value is -3.32. The number of thioether (sulfide) groups is 1. The molecule has 0 radical (unpaired) electrons. The van der Waals surface area contributed by atoms with E-state index in [0.717, 1.165) is 45.4 Å². The van der Waals surface area contributed by atoms with Crippen molar-refractivity contribution in [2.45, 2.75) is 32.2 Å². The van der Waals surface area contributed by atoms with Gasteiger partial charge in [0.25, 0.3) is 5.91 Å². The molecular weight excluding hydrogens is 420 g/mol. The van der Waals surface area contributed by atoms with Gasteiger partial charge >= 0.3 is 6.03 Å². The molecule has 7 heteroatoms. The third-order valence-corrected chi connectivity index (χ3v) is 6.26. The average molecular weight is 447 g/mol. The minimum atomic E-state index is -0.228. The molecule has 6 nitrogen and oxygen atoms in total. The fourth-order valence-corrected chi connectivity index (χ4v) is 4.86. The van der Waals surface area contributed by atoms with Crippen LogP contribution in [0.15, 0.2) is 59.6 Å². The Kier molecular flexibility index (Phi) is 6.46. The van der Waals surface area contributed by atoms with Crippen LogP contribution in [0.3, 0.4) is 0 Å². The highest BCUT2D eigenvalue weighted by molar-refractivity contribution is 7.99. The van der Waals surface area contributed by atoms with E-state index in [0.29, 0.717) is 17.8 Å². The number of nitrogens with one attached hydrogen (secondary N) is 2. The first-order valence-electron chi connectivity index (χ1n) is 10.6. The Morgan fingerprint density at radius 2 is 1.78 bits per heavy atom. The molecule has 1 aliphatic heterocycles. The molecule has 0 saturated carbocycles. The first-order chi connectivity index (χ1) is 15.4. The summed E-state index contributed by atoms with van der Waals surface area (Å²) in [6.45, 7) is 6.63. The lowest BCUT2D eigenvalue weighted by Gasteiger charge is -2.30. The molecule has 0 aliphatic carbocycles. The molecule has 0 atom stereocenters. The summed E-state index contributed by atoms with van der Waals surface area (Å²) in [7, 11) is 0. The fourth-order valence-electron chi connectivity index (χ4n) is 3.77. The zero-order valence-electron chi connectivity index (χ0n) is 18.4. The normalized spacial score (nSPS) is 12.8. The molecule has 1 aliphatic rings. The van der Waals surface area contributed by atoms with E-state index < -0.39 is 0 Å². The molecule has 0 fully saturated rings. The van der Waals surface area contributed by atoms with Crippen LogP contribution in [0, 0.1) is 13.8 Å². The highest BCUT2D eigenvalue weighted by atomic mass is 32.2. The summed E-state index contributed by atoms with van der Waals surface area (Å²) in [4.78, 5) is 32.2. The molecule has 3 amide bonds. The first kappa shape index (κ1) is 21.9. The Bertz CT molecular complexity index is 1180. The number of aryl methyl sites for hydroxylation is 3. The van der Waals surface area contributed by atoms with E-state index in [-0.39, 0.29) is 11.9 Å². The standard InChI is InChI=1S/C25H26N4O2S/c1-4-18-7-5-9-20(14-18)27-23(30)19-8-6-10-21(15-19)28-25(31)29-11-12-32-24-22(29)16(2)13-17(3)26-24/h5-10,13-15H,4,11-12H2,1-3H3,(H,27,30)(H,28,31). The Morgan fingerprint density at radius 3 is 2.56 bits per heavy atom. The average Bonchev–Trinajstić information content (AvgIpc) is 2.78. The molecule has 0 saturated heterocycles. The number of anilines is 3. The summed E-state index contributed by atoms with van der Waals surface area (Å²) >= 11 is 1.67. The van der Waals surface area contributed by atoms with Gasteiger partial charge in [-0.05, 0) is 67.8 Å². The number of amides is 3. The van der Waals surface area contributed by atoms with Crippen LogP contribution < -0.4 is 15.5 Å². The quantitative estimate of drug-likeness (QED) is 0.542. The van der Waals surface area contributed by atoms with Gasteiger partial charge < -0.3 is 10.6 Å². The number of fused-ring (bicyclic) bond motifs is 1. The van der Waals surface area contributed by atoms with Gasteiger partial charge in [0.1, 0.15) is 5.03 Å². The second kappa shape index (κ2) is 9.44. The predicted octanol–water partition coefficient (Wildman–Crippen LogP) is 5.66. The van der Waals surface area contributed by atoms with Crippen molar-refractivity contribution < 1.29 is 9.59 Å². The van der Waals surface area contributed by atoms with Crippen LogP contribution in [0.4, 0.5) is 21.9 Å².